The summed E-state index contributed by atoms with van der Waals surface area (Å²) in [5.41, 5.74) is 3.64. The zero-order valence-corrected chi connectivity index (χ0v) is 13.5. The van der Waals surface area contributed by atoms with Gasteiger partial charge in [0.15, 0.2) is 0 Å². The van der Waals surface area contributed by atoms with Crippen molar-refractivity contribution in [2.75, 3.05) is 0 Å². The summed E-state index contributed by atoms with van der Waals surface area (Å²) in [4.78, 5) is 0. The fraction of sp³-hybridized carbons (Fsp3) is 0.667. The SMILES string of the molecule is CCC(C)c1cc(CC(C)C)c(O)c(C(C)CC)c1. The van der Waals surface area contributed by atoms with Crippen LogP contribution < -0.4 is 0 Å². The van der Waals surface area contributed by atoms with Gasteiger partial charge in [0, 0.05) is 0 Å². The summed E-state index contributed by atoms with van der Waals surface area (Å²) in [5, 5.41) is 10.5. The van der Waals surface area contributed by atoms with E-state index in [1.54, 1.807) is 0 Å². The maximum absolute atomic E-state index is 10.5. The molecule has 0 saturated heterocycles. The number of phenolic OH excluding ortho intramolecular Hbond substituents is 1. The fourth-order valence-corrected chi connectivity index (χ4v) is 2.46. The lowest BCUT2D eigenvalue weighted by Crippen LogP contribution is -2.03. The van der Waals surface area contributed by atoms with E-state index in [1.807, 2.05) is 0 Å². The number of phenols is 1. The molecule has 1 aromatic rings. The van der Waals surface area contributed by atoms with Gasteiger partial charge >= 0.3 is 0 Å². The highest BCUT2D eigenvalue weighted by Gasteiger charge is 2.17. The second-order valence-corrected chi connectivity index (χ2v) is 6.33. The first-order valence-corrected chi connectivity index (χ1v) is 7.76. The number of hydrogen-bond acceptors (Lipinski definition) is 1. The van der Waals surface area contributed by atoms with Crippen molar-refractivity contribution >= 4 is 0 Å². The molecule has 2 unspecified atom stereocenters. The van der Waals surface area contributed by atoms with E-state index in [9.17, 15) is 5.11 Å². The standard InChI is InChI=1S/C18H30O/c1-7-13(5)15-10-16(9-12(3)4)18(19)17(11-15)14(6)8-2/h10-14,19H,7-9H2,1-6H3. The summed E-state index contributed by atoms with van der Waals surface area (Å²) in [6.07, 6.45) is 3.17. The number of hydrogen-bond donors (Lipinski definition) is 1. The van der Waals surface area contributed by atoms with Crippen LogP contribution in [0.25, 0.3) is 0 Å². The lowest BCUT2D eigenvalue weighted by molar-refractivity contribution is 0.449. The molecule has 1 rings (SSSR count). The second-order valence-electron chi connectivity index (χ2n) is 6.33. The third-order valence-electron chi connectivity index (χ3n) is 4.19. The van der Waals surface area contributed by atoms with Gasteiger partial charge in [-0.3, -0.25) is 0 Å². The van der Waals surface area contributed by atoms with Crippen molar-refractivity contribution in [2.45, 2.75) is 72.6 Å². The van der Waals surface area contributed by atoms with E-state index < -0.39 is 0 Å². The topological polar surface area (TPSA) is 20.2 Å². The van der Waals surface area contributed by atoms with Gasteiger partial charge in [-0.15, -0.1) is 0 Å². The highest BCUT2D eigenvalue weighted by atomic mass is 16.3. The lowest BCUT2D eigenvalue weighted by Gasteiger charge is -2.20. The smallest absolute Gasteiger partial charge is 0.122 e. The van der Waals surface area contributed by atoms with E-state index in [1.165, 1.54) is 5.56 Å². The molecule has 0 spiro atoms. The van der Waals surface area contributed by atoms with Crippen molar-refractivity contribution in [1.29, 1.82) is 0 Å². The van der Waals surface area contributed by atoms with Crippen LogP contribution >= 0.6 is 0 Å². The highest BCUT2D eigenvalue weighted by Crippen LogP contribution is 2.36. The number of rotatable bonds is 6. The third kappa shape index (κ3) is 3.99. The maximum atomic E-state index is 10.5. The van der Waals surface area contributed by atoms with Crippen LogP contribution in [-0.4, -0.2) is 5.11 Å². The van der Waals surface area contributed by atoms with E-state index >= 15 is 0 Å². The first kappa shape index (κ1) is 16.1. The maximum Gasteiger partial charge on any atom is 0.122 e. The van der Waals surface area contributed by atoms with Gasteiger partial charge in [0.05, 0.1) is 0 Å². The van der Waals surface area contributed by atoms with Gasteiger partial charge in [0.1, 0.15) is 5.75 Å². The van der Waals surface area contributed by atoms with E-state index in [4.69, 9.17) is 0 Å². The molecule has 1 nitrogen and oxygen atoms in total. The Hall–Kier alpha value is -0.980. The van der Waals surface area contributed by atoms with Crippen molar-refractivity contribution in [3.8, 4) is 5.75 Å². The first-order valence-electron chi connectivity index (χ1n) is 7.76. The third-order valence-corrected chi connectivity index (χ3v) is 4.19. The minimum Gasteiger partial charge on any atom is -0.507 e. The summed E-state index contributed by atoms with van der Waals surface area (Å²) in [7, 11) is 0. The minimum absolute atomic E-state index is 0.426. The Bertz CT molecular complexity index is 406. The quantitative estimate of drug-likeness (QED) is 0.705. The zero-order chi connectivity index (χ0) is 14.6. The van der Waals surface area contributed by atoms with Crippen LogP contribution in [0.4, 0.5) is 0 Å². The van der Waals surface area contributed by atoms with Crippen LogP contribution in [0.2, 0.25) is 0 Å². The minimum atomic E-state index is 0.426. The summed E-state index contributed by atoms with van der Waals surface area (Å²) in [5.74, 6) is 2.10. The molecular weight excluding hydrogens is 232 g/mol. The predicted molar refractivity (Wildman–Crippen MR) is 84.1 cm³/mol. The second kappa shape index (κ2) is 6.98. The van der Waals surface area contributed by atoms with Gasteiger partial charge in [0.2, 0.25) is 0 Å². The van der Waals surface area contributed by atoms with Gasteiger partial charge in [-0.25, -0.2) is 0 Å². The van der Waals surface area contributed by atoms with Crippen LogP contribution in [0.15, 0.2) is 12.1 Å². The van der Waals surface area contributed by atoms with E-state index in [0.29, 0.717) is 23.5 Å². The monoisotopic (exact) mass is 262 g/mol. The molecule has 1 heteroatoms. The molecule has 19 heavy (non-hydrogen) atoms. The Kier molecular flexibility index (Phi) is 5.90. The Labute approximate surface area is 119 Å². The Morgan fingerprint density at radius 3 is 2.00 bits per heavy atom. The first-order chi connectivity index (χ1) is 8.90. The molecule has 0 heterocycles. The van der Waals surface area contributed by atoms with Gasteiger partial charge in [-0.1, -0.05) is 53.7 Å². The van der Waals surface area contributed by atoms with Gasteiger partial charge in [-0.2, -0.15) is 0 Å². The van der Waals surface area contributed by atoms with Crippen molar-refractivity contribution in [2.24, 2.45) is 5.92 Å². The highest BCUT2D eigenvalue weighted by molar-refractivity contribution is 5.46. The van der Waals surface area contributed by atoms with Crippen LogP contribution in [0, 0.1) is 5.92 Å². The molecular formula is C18H30O. The van der Waals surface area contributed by atoms with Gasteiger partial charge in [0.25, 0.3) is 0 Å². The molecule has 0 aliphatic carbocycles. The number of aromatic hydroxyl groups is 1. The molecule has 0 radical (unpaired) electrons. The average Bonchev–Trinajstić information content (AvgIpc) is 2.38. The lowest BCUT2D eigenvalue weighted by atomic mass is 9.87. The molecule has 0 saturated carbocycles. The number of benzene rings is 1. The van der Waals surface area contributed by atoms with E-state index in [0.717, 1.165) is 30.4 Å². The molecule has 1 N–H and O–H groups in total. The van der Waals surface area contributed by atoms with Gasteiger partial charge < -0.3 is 5.11 Å². The van der Waals surface area contributed by atoms with Crippen LogP contribution in [0.5, 0.6) is 5.75 Å². The van der Waals surface area contributed by atoms with E-state index in [-0.39, 0.29) is 0 Å². The molecule has 0 aliphatic heterocycles. The normalized spacial score (nSPS) is 14.7. The molecule has 0 bridgehead atoms. The van der Waals surface area contributed by atoms with Gasteiger partial charge in [-0.05, 0) is 53.7 Å². The Balaban J connectivity index is 3.29. The fourth-order valence-electron chi connectivity index (χ4n) is 2.46. The van der Waals surface area contributed by atoms with Crippen molar-refractivity contribution < 1.29 is 5.11 Å². The Morgan fingerprint density at radius 2 is 1.53 bits per heavy atom. The van der Waals surface area contributed by atoms with Crippen LogP contribution in [-0.2, 0) is 6.42 Å². The average molecular weight is 262 g/mol. The molecule has 0 fully saturated rings. The molecule has 0 aromatic heterocycles. The van der Waals surface area contributed by atoms with Crippen molar-refractivity contribution in [3.63, 3.8) is 0 Å². The zero-order valence-electron chi connectivity index (χ0n) is 13.5. The predicted octanol–water partition coefficient (Wildman–Crippen LogP) is 5.62. The summed E-state index contributed by atoms with van der Waals surface area (Å²) < 4.78 is 0. The van der Waals surface area contributed by atoms with E-state index in [2.05, 4.69) is 53.7 Å². The Morgan fingerprint density at radius 1 is 0.947 bits per heavy atom. The molecule has 0 amide bonds. The molecule has 0 aliphatic rings. The van der Waals surface area contributed by atoms with Crippen molar-refractivity contribution in [1.82, 2.24) is 0 Å². The molecule has 2 atom stereocenters. The van der Waals surface area contributed by atoms with Crippen LogP contribution in [0.3, 0.4) is 0 Å². The molecule has 108 valence electrons. The van der Waals surface area contributed by atoms with Crippen molar-refractivity contribution in [3.05, 3.63) is 28.8 Å². The summed E-state index contributed by atoms with van der Waals surface area (Å²) in [6, 6.07) is 4.44. The van der Waals surface area contributed by atoms with Crippen LogP contribution in [0.1, 0.15) is 82.9 Å². The summed E-state index contributed by atoms with van der Waals surface area (Å²) >= 11 is 0. The largest absolute Gasteiger partial charge is 0.507 e. The summed E-state index contributed by atoms with van der Waals surface area (Å²) in [6.45, 7) is 13.3. The molecule has 1 aromatic carbocycles.